The summed E-state index contributed by atoms with van der Waals surface area (Å²) in [5.74, 6) is 0.801. The van der Waals surface area contributed by atoms with Crippen LogP contribution in [-0.4, -0.2) is 25.1 Å². The third-order valence-electron chi connectivity index (χ3n) is 2.40. The molecule has 0 bridgehead atoms. The minimum atomic E-state index is -0.529. The van der Waals surface area contributed by atoms with Gasteiger partial charge in [-0.2, -0.15) is 0 Å². The average molecular weight is 264 g/mol. The number of thiazole rings is 1. The number of amides is 1. The Kier molecular flexibility index (Phi) is 3.47. The van der Waals surface area contributed by atoms with Gasteiger partial charge in [0, 0.05) is 17.0 Å². The van der Waals surface area contributed by atoms with Crippen LogP contribution in [0.4, 0.5) is 0 Å². The normalized spacial score (nSPS) is 10.1. The number of primary amides is 1. The van der Waals surface area contributed by atoms with E-state index in [2.05, 4.69) is 4.98 Å². The summed E-state index contributed by atoms with van der Waals surface area (Å²) < 4.78 is 10.4. The van der Waals surface area contributed by atoms with Gasteiger partial charge in [0.25, 0.3) is 5.91 Å². The first-order valence-electron chi connectivity index (χ1n) is 5.13. The van der Waals surface area contributed by atoms with Crippen LogP contribution in [0.5, 0.6) is 11.5 Å². The smallest absolute Gasteiger partial charge is 0.277 e. The average Bonchev–Trinajstić information content (AvgIpc) is 2.87. The zero-order valence-electron chi connectivity index (χ0n) is 9.97. The van der Waals surface area contributed by atoms with Crippen molar-refractivity contribution in [3.63, 3.8) is 0 Å². The number of nitrogens with zero attached hydrogens (tertiary/aromatic N) is 1. The molecule has 0 spiro atoms. The number of ether oxygens (including phenoxy) is 2. The Balaban J connectivity index is 2.45. The lowest BCUT2D eigenvalue weighted by atomic mass is 10.1. The van der Waals surface area contributed by atoms with Gasteiger partial charge in [0.2, 0.25) is 0 Å². The van der Waals surface area contributed by atoms with Crippen molar-refractivity contribution in [3.8, 4) is 22.8 Å². The lowest BCUT2D eigenvalue weighted by molar-refractivity contribution is 0.1000. The van der Waals surface area contributed by atoms with Crippen LogP contribution in [0, 0.1) is 0 Å². The van der Waals surface area contributed by atoms with Gasteiger partial charge in [0.1, 0.15) is 11.5 Å². The molecule has 18 heavy (non-hydrogen) atoms. The summed E-state index contributed by atoms with van der Waals surface area (Å²) in [6.45, 7) is 0. The molecular weight excluding hydrogens is 252 g/mol. The van der Waals surface area contributed by atoms with Crippen LogP contribution in [-0.2, 0) is 0 Å². The van der Waals surface area contributed by atoms with Crippen molar-refractivity contribution in [2.24, 2.45) is 5.73 Å². The Morgan fingerprint density at radius 1 is 1.33 bits per heavy atom. The summed E-state index contributed by atoms with van der Waals surface area (Å²) in [7, 11) is 3.15. The summed E-state index contributed by atoms with van der Waals surface area (Å²) in [5, 5.41) is 2.05. The molecule has 0 atom stereocenters. The van der Waals surface area contributed by atoms with Gasteiger partial charge >= 0.3 is 0 Å². The molecule has 0 unspecified atom stereocenters. The van der Waals surface area contributed by atoms with Gasteiger partial charge in [-0.1, -0.05) is 0 Å². The maximum atomic E-state index is 11.0. The Labute approximate surface area is 108 Å². The summed E-state index contributed by atoms with van der Waals surface area (Å²) in [5.41, 5.74) is 6.63. The first-order valence-corrected chi connectivity index (χ1v) is 6.01. The number of nitrogens with two attached hydrogens (primary N) is 1. The molecule has 0 radical (unpaired) electrons. The Morgan fingerprint density at radius 3 is 2.67 bits per heavy atom. The molecule has 1 heterocycles. The third-order valence-corrected chi connectivity index (χ3v) is 3.26. The number of carbonyl (C=O) groups is 1. The minimum absolute atomic E-state index is 0.280. The van der Waals surface area contributed by atoms with Crippen molar-refractivity contribution >= 4 is 17.2 Å². The van der Waals surface area contributed by atoms with Gasteiger partial charge in [-0.05, 0) is 12.1 Å². The second-order valence-corrected chi connectivity index (χ2v) is 4.33. The van der Waals surface area contributed by atoms with E-state index >= 15 is 0 Å². The summed E-state index contributed by atoms with van der Waals surface area (Å²) in [6, 6.07) is 5.40. The molecule has 1 amide bonds. The van der Waals surface area contributed by atoms with Gasteiger partial charge in [0.15, 0.2) is 5.01 Å². The highest BCUT2D eigenvalue weighted by Gasteiger charge is 2.13. The predicted octanol–water partition coefficient (Wildman–Crippen LogP) is 1.93. The molecule has 0 fully saturated rings. The molecule has 2 aromatic rings. The van der Waals surface area contributed by atoms with Gasteiger partial charge in [-0.25, -0.2) is 4.98 Å². The van der Waals surface area contributed by atoms with E-state index in [0.717, 1.165) is 5.56 Å². The van der Waals surface area contributed by atoms with Gasteiger partial charge in [-0.3, -0.25) is 4.79 Å². The number of aromatic nitrogens is 1. The van der Waals surface area contributed by atoms with Gasteiger partial charge in [0.05, 0.1) is 19.9 Å². The first kappa shape index (κ1) is 12.4. The molecule has 6 heteroatoms. The van der Waals surface area contributed by atoms with E-state index in [9.17, 15) is 4.79 Å². The van der Waals surface area contributed by atoms with Crippen LogP contribution in [0.15, 0.2) is 23.6 Å². The second-order valence-electron chi connectivity index (χ2n) is 3.47. The van der Waals surface area contributed by atoms with Crippen LogP contribution in [0.1, 0.15) is 9.80 Å². The number of hydrogen-bond acceptors (Lipinski definition) is 5. The molecule has 2 N–H and O–H groups in total. The molecule has 5 nitrogen and oxygen atoms in total. The van der Waals surface area contributed by atoms with Crippen molar-refractivity contribution in [2.75, 3.05) is 14.2 Å². The summed E-state index contributed by atoms with van der Waals surface area (Å²) in [4.78, 5) is 15.2. The highest BCUT2D eigenvalue weighted by atomic mass is 32.1. The van der Waals surface area contributed by atoms with Crippen molar-refractivity contribution < 1.29 is 14.3 Å². The lowest BCUT2D eigenvalue weighted by Gasteiger charge is -2.08. The predicted molar refractivity (Wildman–Crippen MR) is 69.2 cm³/mol. The maximum Gasteiger partial charge on any atom is 0.277 e. The fourth-order valence-corrected chi connectivity index (χ4v) is 2.19. The quantitative estimate of drug-likeness (QED) is 0.915. The molecule has 0 saturated heterocycles. The van der Waals surface area contributed by atoms with E-state index in [4.69, 9.17) is 15.2 Å². The molecule has 0 saturated carbocycles. The van der Waals surface area contributed by atoms with E-state index in [1.54, 1.807) is 31.7 Å². The van der Waals surface area contributed by atoms with E-state index in [1.807, 2.05) is 6.07 Å². The first-order chi connectivity index (χ1) is 8.65. The molecule has 0 aliphatic rings. The molecule has 2 rings (SSSR count). The van der Waals surface area contributed by atoms with E-state index in [1.165, 1.54) is 11.3 Å². The van der Waals surface area contributed by atoms with Crippen molar-refractivity contribution in [3.05, 3.63) is 28.6 Å². The van der Waals surface area contributed by atoms with Gasteiger partial charge in [-0.15, -0.1) is 11.3 Å². The van der Waals surface area contributed by atoms with Crippen molar-refractivity contribution in [2.45, 2.75) is 0 Å². The van der Waals surface area contributed by atoms with Crippen LogP contribution in [0.25, 0.3) is 11.3 Å². The molecule has 0 aliphatic heterocycles. The number of hydrogen-bond donors (Lipinski definition) is 1. The monoisotopic (exact) mass is 264 g/mol. The summed E-state index contributed by atoms with van der Waals surface area (Å²) in [6.07, 6.45) is 0. The fourth-order valence-electron chi connectivity index (χ4n) is 1.52. The van der Waals surface area contributed by atoms with Crippen LogP contribution < -0.4 is 15.2 Å². The van der Waals surface area contributed by atoms with Crippen molar-refractivity contribution in [1.29, 1.82) is 0 Å². The zero-order chi connectivity index (χ0) is 13.1. The molecule has 94 valence electrons. The number of carbonyl (C=O) groups excluding carboxylic acids is 1. The Hall–Kier alpha value is -2.08. The molecule has 0 aliphatic carbocycles. The standard InChI is InChI=1S/C12H12N2O3S/c1-16-7-3-4-8(10(5-7)17-2)9-6-18-12(14-9)11(13)15/h3-6H,1-2H3,(H2,13,15). The molecule has 1 aromatic heterocycles. The van der Waals surface area contributed by atoms with Crippen LogP contribution >= 0.6 is 11.3 Å². The van der Waals surface area contributed by atoms with Crippen molar-refractivity contribution in [1.82, 2.24) is 4.98 Å². The van der Waals surface area contributed by atoms with E-state index in [-0.39, 0.29) is 5.01 Å². The van der Waals surface area contributed by atoms with Gasteiger partial charge < -0.3 is 15.2 Å². The number of benzene rings is 1. The maximum absolute atomic E-state index is 11.0. The fraction of sp³-hybridized carbons (Fsp3) is 0.167. The lowest BCUT2D eigenvalue weighted by Crippen LogP contribution is -2.10. The van der Waals surface area contributed by atoms with Crippen LogP contribution in [0.3, 0.4) is 0 Å². The second kappa shape index (κ2) is 5.05. The van der Waals surface area contributed by atoms with E-state index < -0.39 is 5.91 Å². The largest absolute Gasteiger partial charge is 0.497 e. The Morgan fingerprint density at radius 2 is 2.11 bits per heavy atom. The van der Waals surface area contributed by atoms with E-state index in [0.29, 0.717) is 17.2 Å². The molecular formula is C12H12N2O3S. The van der Waals surface area contributed by atoms with Crippen LogP contribution in [0.2, 0.25) is 0 Å². The SMILES string of the molecule is COc1ccc(-c2csc(C(N)=O)n2)c(OC)c1. The Bertz CT molecular complexity index is 580. The molecule has 1 aromatic carbocycles. The highest BCUT2D eigenvalue weighted by molar-refractivity contribution is 7.12. The number of rotatable bonds is 4. The summed E-state index contributed by atoms with van der Waals surface area (Å²) >= 11 is 1.21. The highest BCUT2D eigenvalue weighted by Crippen LogP contribution is 2.33. The zero-order valence-corrected chi connectivity index (χ0v) is 10.8. The topological polar surface area (TPSA) is 74.4 Å². The number of methoxy groups -OCH3 is 2. The minimum Gasteiger partial charge on any atom is -0.497 e. The third kappa shape index (κ3) is 2.28.